The monoisotopic (exact) mass is 336 g/mol. The van der Waals surface area contributed by atoms with E-state index in [-0.39, 0.29) is 12.2 Å². The van der Waals surface area contributed by atoms with Gasteiger partial charge in [0.05, 0.1) is 7.11 Å². The number of carbonyl (C=O) groups is 3. The first kappa shape index (κ1) is 19.0. The third-order valence-corrected chi connectivity index (χ3v) is 3.62. The summed E-state index contributed by atoms with van der Waals surface area (Å²) >= 11 is 0. The van der Waals surface area contributed by atoms with Crippen molar-refractivity contribution < 1.29 is 32.3 Å². The highest BCUT2D eigenvalue weighted by Gasteiger charge is 2.70. The average Bonchev–Trinajstić information content (AvgIpc) is 2.64. The molecule has 0 unspecified atom stereocenters. The van der Waals surface area contributed by atoms with Crippen LogP contribution in [0, 0.1) is 0 Å². The Morgan fingerprint density at radius 3 is 2.30 bits per heavy atom. The van der Waals surface area contributed by atoms with Gasteiger partial charge < -0.3 is 15.0 Å². The van der Waals surface area contributed by atoms with Gasteiger partial charge in [-0.05, 0) is 13.3 Å². The summed E-state index contributed by atoms with van der Waals surface area (Å²) in [4.78, 5) is 36.6. The molecular weight excluding hydrogens is 317 g/mol. The molecular formula is C14H19F3N2O4. The number of rotatable bonds is 5. The fraction of sp³-hybridized carbons (Fsp3) is 0.643. The number of carbonyl (C=O) groups excluding carboxylic acids is 3. The molecule has 0 aliphatic carbocycles. The highest BCUT2D eigenvalue weighted by Crippen LogP contribution is 2.45. The van der Waals surface area contributed by atoms with Gasteiger partial charge in [0.15, 0.2) is 0 Å². The van der Waals surface area contributed by atoms with Crippen molar-refractivity contribution in [3.63, 3.8) is 0 Å². The van der Waals surface area contributed by atoms with Crippen LogP contribution in [0.4, 0.5) is 13.2 Å². The number of halogens is 3. The van der Waals surface area contributed by atoms with Crippen molar-refractivity contribution in [2.75, 3.05) is 13.7 Å². The molecule has 1 aliphatic rings. The van der Waals surface area contributed by atoms with Crippen molar-refractivity contribution in [3.05, 3.63) is 11.3 Å². The van der Waals surface area contributed by atoms with Crippen molar-refractivity contribution in [2.45, 2.75) is 45.3 Å². The number of hydrogen-bond acceptors (Lipinski definition) is 4. The predicted octanol–water partition coefficient (Wildman–Crippen LogP) is 1.51. The summed E-state index contributed by atoms with van der Waals surface area (Å²) in [7, 11) is 0.913. The van der Waals surface area contributed by atoms with E-state index in [0.717, 1.165) is 18.9 Å². The highest BCUT2D eigenvalue weighted by molar-refractivity contribution is 6.10. The van der Waals surface area contributed by atoms with Crippen LogP contribution in [0.15, 0.2) is 11.3 Å². The van der Waals surface area contributed by atoms with E-state index in [1.165, 1.54) is 6.92 Å². The lowest BCUT2D eigenvalue weighted by atomic mass is 9.89. The summed E-state index contributed by atoms with van der Waals surface area (Å²) in [6, 6.07) is 0. The van der Waals surface area contributed by atoms with E-state index in [2.05, 4.69) is 4.74 Å². The molecule has 9 heteroatoms. The van der Waals surface area contributed by atoms with Gasteiger partial charge in [0, 0.05) is 19.2 Å². The van der Waals surface area contributed by atoms with E-state index in [4.69, 9.17) is 0 Å². The largest absolute Gasteiger partial charge is 0.466 e. The molecule has 0 aromatic rings. The van der Waals surface area contributed by atoms with E-state index in [1.807, 2.05) is 6.92 Å². The molecule has 23 heavy (non-hydrogen) atoms. The number of alkyl halides is 3. The van der Waals surface area contributed by atoms with E-state index >= 15 is 0 Å². The van der Waals surface area contributed by atoms with Crippen molar-refractivity contribution in [1.29, 1.82) is 0 Å². The van der Waals surface area contributed by atoms with Gasteiger partial charge in [0.2, 0.25) is 11.4 Å². The van der Waals surface area contributed by atoms with Crippen LogP contribution in [0.5, 0.6) is 0 Å². The smallest absolute Gasteiger partial charge is 0.425 e. The first-order valence-corrected chi connectivity index (χ1v) is 7.01. The molecule has 6 nitrogen and oxygen atoms in total. The van der Waals surface area contributed by atoms with Crippen LogP contribution in [0.2, 0.25) is 0 Å². The zero-order valence-electron chi connectivity index (χ0n) is 13.3. The Bertz CT molecular complexity index is 557. The lowest BCUT2D eigenvalue weighted by Crippen LogP contribution is -2.66. The molecule has 0 fully saturated rings. The fourth-order valence-electron chi connectivity index (χ4n) is 2.57. The zero-order valence-corrected chi connectivity index (χ0v) is 13.3. The van der Waals surface area contributed by atoms with Crippen molar-refractivity contribution in [1.82, 2.24) is 10.2 Å². The molecule has 2 amide bonds. The number of nitrogens with zero attached hydrogens (tertiary/aromatic N) is 1. The Kier molecular flexibility index (Phi) is 5.44. The van der Waals surface area contributed by atoms with Crippen LogP contribution >= 0.6 is 0 Å². The minimum Gasteiger partial charge on any atom is -0.466 e. The van der Waals surface area contributed by atoms with Gasteiger partial charge in [0.25, 0.3) is 5.91 Å². The molecule has 0 aromatic heterocycles. The molecule has 0 bridgehead atoms. The second kappa shape index (κ2) is 6.59. The Morgan fingerprint density at radius 1 is 1.35 bits per heavy atom. The summed E-state index contributed by atoms with van der Waals surface area (Å²) in [6.07, 6.45) is -4.10. The normalized spacial score (nSPS) is 21.7. The Morgan fingerprint density at radius 2 is 1.91 bits per heavy atom. The van der Waals surface area contributed by atoms with Crippen molar-refractivity contribution in [2.24, 2.45) is 0 Å². The molecule has 1 aliphatic heterocycles. The summed E-state index contributed by atoms with van der Waals surface area (Å²) in [5.41, 5.74) is -4.48. The van der Waals surface area contributed by atoms with Gasteiger partial charge >= 0.3 is 12.1 Å². The van der Waals surface area contributed by atoms with Crippen LogP contribution in [0.25, 0.3) is 0 Å². The Balaban J connectivity index is 3.60. The number of methoxy groups -OCH3 is 1. The first-order chi connectivity index (χ1) is 10.5. The summed E-state index contributed by atoms with van der Waals surface area (Å²) in [5.74, 6) is -3.78. The summed E-state index contributed by atoms with van der Waals surface area (Å²) < 4.78 is 45.6. The second-order valence-corrected chi connectivity index (χ2v) is 5.19. The number of allylic oxidation sites excluding steroid dienone is 1. The number of esters is 1. The fourth-order valence-corrected chi connectivity index (χ4v) is 2.57. The lowest BCUT2D eigenvalue weighted by Gasteiger charge is -2.32. The lowest BCUT2D eigenvalue weighted by molar-refractivity contribution is -0.195. The third kappa shape index (κ3) is 3.04. The van der Waals surface area contributed by atoms with Crippen LogP contribution < -0.4 is 5.32 Å². The molecule has 0 saturated heterocycles. The van der Waals surface area contributed by atoms with Gasteiger partial charge in [-0.25, -0.2) is 4.79 Å². The van der Waals surface area contributed by atoms with Crippen LogP contribution in [0.1, 0.15) is 33.6 Å². The van der Waals surface area contributed by atoms with E-state index in [0.29, 0.717) is 12.8 Å². The molecule has 1 N–H and O–H groups in total. The van der Waals surface area contributed by atoms with Gasteiger partial charge in [-0.2, -0.15) is 13.2 Å². The second-order valence-electron chi connectivity index (χ2n) is 5.19. The van der Waals surface area contributed by atoms with Gasteiger partial charge in [-0.1, -0.05) is 13.3 Å². The number of unbranched alkanes of at least 4 members (excludes halogenated alkanes) is 1. The zero-order chi connectivity index (χ0) is 18.0. The minimum atomic E-state index is -5.19. The highest BCUT2D eigenvalue weighted by atomic mass is 19.4. The minimum absolute atomic E-state index is 0.0130. The van der Waals surface area contributed by atoms with Crippen LogP contribution in [-0.2, 0) is 19.1 Å². The maximum atomic E-state index is 13.7. The average molecular weight is 336 g/mol. The molecule has 0 saturated carbocycles. The topological polar surface area (TPSA) is 75.7 Å². The number of ether oxygens (including phenoxy) is 1. The van der Waals surface area contributed by atoms with E-state index in [1.54, 1.807) is 5.32 Å². The maximum Gasteiger partial charge on any atom is 0.425 e. The quantitative estimate of drug-likeness (QED) is 0.772. The van der Waals surface area contributed by atoms with Crippen molar-refractivity contribution in [3.8, 4) is 0 Å². The summed E-state index contributed by atoms with van der Waals surface area (Å²) in [6.45, 7) is 3.90. The molecule has 1 heterocycles. The Hall–Kier alpha value is -2.06. The predicted molar refractivity (Wildman–Crippen MR) is 73.9 cm³/mol. The SMILES string of the molecule is CCCCN1C(=O)[C@](NC(C)=O)(C(F)(F)F)C(C(=O)OC)=C1C. The third-order valence-electron chi connectivity index (χ3n) is 3.62. The molecule has 0 aromatic carbocycles. The maximum absolute atomic E-state index is 13.7. The summed E-state index contributed by atoms with van der Waals surface area (Å²) in [5, 5.41) is 1.63. The van der Waals surface area contributed by atoms with Crippen LogP contribution in [0.3, 0.4) is 0 Å². The molecule has 0 radical (unpaired) electrons. The first-order valence-electron chi connectivity index (χ1n) is 7.01. The van der Waals surface area contributed by atoms with E-state index in [9.17, 15) is 27.6 Å². The molecule has 1 atom stereocenters. The van der Waals surface area contributed by atoms with Crippen LogP contribution in [-0.4, -0.2) is 48.1 Å². The van der Waals surface area contributed by atoms with Gasteiger partial charge in [-0.3, -0.25) is 9.59 Å². The molecule has 130 valence electrons. The van der Waals surface area contributed by atoms with Gasteiger partial charge in [0.1, 0.15) is 5.57 Å². The van der Waals surface area contributed by atoms with E-state index < -0.39 is 35.1 Å². The number of nitrogens with one attached hydrogen (secondary N) is 1. The standard InChI is InChI=1S/C14H19F3N2O4/c1-5-6-7-19-8(2)10(11(21)23-4)13(12(19)22,14(15,16)17)18-9(3)20/h5-7H2,1-4H3,(H,18,20)/t13-/m0/s1. The number of amides is 2. The molecule has 1 rings (SSSR count). The number of hydrogen-bond donors (Lipinski definition) is 1. The Labute approximate surface area is 131 Å². The van der Waals surface area contributed by atoms with Crippen molar-refractivity contribution >= 4 is 17.8 Å². The van der Waals surface area contributed by atoms with Gasteiger partial charge in [-0.15, -0.1) is 0 Å². The molecule has 0 spiro atoms.